The highest BCUT2D eigenvalue weighted by molar-refractivity contribution is 5.97. The Balaban J connectivity index is 3.37. The van der Waals surface area contributed by atoms with Crippen LogP contribution in [0.25, 0.3) is 0 Å². The summed E-state index contributed by atoms with van der Waals surface area (Å²) in [5.74, 6) is -4.24. The first-order valence-electron chi connectivity index (χ1n) is 3.18. The molecule has 0 spiro atoms. The minimum atomic E-state index is -1.22. The number of halogens is 3. The summed E-state index contributed by atoms with van der Waals surface area (Å²) in [5, 5.41) is 10.5. The molecule has 0 aliphatic heterocycles. The van der Waals surface area contributed by atoms with E-state index < -0.39 is 28.9 Å². The number of rotatable bonds is 1. The molecule has 0 fully saturated rings. The zero-order valence-corrected chi connectivity index (χ0v) is 6.26. The molecule has 70 valence electrons. The summed E-state index contributed by atoms with van der Waals surface area (Å²) in [6.45, 7) is 0. The fourth-order valence-corrected chi connectivity index (χ4v) is 0.837. The highest BCUT2D eigenvalue weighted by Crippen LogP contribution is 2.13. The first kappa shape index (κ1) is 9.37. The van der Waals surface area contributed by atoms with Gasteiger partial charge in [-0.3, -0.25) is 0 Å². The molecule has 0 aliphatic rings. The maximum Gasteiger partial charge on any atom is 0.176 e. The van der Waals surface area contributed by atoms with Crippen LogP contribution in [0.3, 0.4) is 0 Å². The number of hydrogen-bond acceptors (Lipinski definition) is 2. The second kappa shape index (κ2) is 3.34. The summed E-state index contributed by atoms with van der Waals surface area (Å²) >= 11 is 0. The number of benzene rings is 1. The molecule has 0 saturated carbocycles. The lowest BCUT2D eigenvalue weighted by atomic mass is 10.2. The van der Waals surface area contributed by atoms with Crippen LogP contribution in [0.4, 0.5) is 13.2 Å². The van der Waals surface area contributed by atoms with E-state index in [1.165, 1.54) is 0 Å². The van der Waals surface area contributed by atoms with E-state index in [0.717, 1.165) is 0 Å². The lowest BCUT2D eigenvalue weighted by molar-refractivity contribution is 0.318. The van der Waals surface area contributed by atoms with Crippen LogP contribution in [-0.4, -0.2) is 11.0 Å². The maximum atomic E-state index is 12.8. The molecule has 0 amide bonds. The van der Waals surface area contributed by atoms with E-state index >= 15 is 0 Å². The zero-order chi connectivity index (χ0) is 10.0. The van der Waals surface area contributed by atoms with E-state index in [9.17, 15) is 13.2 Å². The average molecular weight is 190 g/mol. The molecule has 6 heteroatoms. The Morgan fingerprint density at radius 2 is 1.69 bits per heavy atom. The first-order chi connectivity index (χ1) is 6.06. The molecule has 0 heterocycles. The minimum absolute atomic E-state index is 0.441. The molecule has 1 rings (SSSR count). The predicted octanol–water partition coefficient (Wildman–Crippen LogP) is 1.20. The molecule has 0 atom stereocenters. The molecule has 0 radical (unpaired) electrons. The van der Waals surface area contributed by atoms with Crippen molar-refractivity contribution in [1.29, 1.82) is 0 Å². The van der Waals surface area contributed by atoms with Crippen molar-refractivity contribution in [2.24, 2.45) is 10.9 Å². The van der Waals surface area contributed by atoms with Crippen LogP contribution in [0.2, 0.25) is 0 Å². The van der Waals surface area contributed by atoms with Crippen molar-refractivity contribution < 1.29 is 18.4 Å². The Bertz CT molecular complexity index is 342. The topological polar surface area (TPSA) is 58.6 Å². The van der Waals surface area contributed by atoms with Crippen LogP contribution in [-0.2, 0) is 0 Å². The second-order valence-corrected chi connectivity index (χ2v) is 2.23. The Labute approximate surface area is 71.3 Å². The molecule has 0 aromatic heterocycles. The van der Waals surface area contributed by atoms with Gasteiger partial charge in [-0.25, -0.2) is 13.2 Å². The molecule has 1 aromatic rings. The van der Waals surface area contributed by atoms with Crippen molar-refractivity contribution >= 4 is 5.84 Å². The monoisotopic (exact) mass is 190 g/mol. The van der Waals surface area contributed by atoms with Crippen molar-refractivity contribution in [2.45, 2.75) is 0 Å². The van der Waals surface area contributed by atoms with Crippen molar-refractivity contribution in [1.82, 2.24) is 0 Å². The van der Waals surface area contributed by atoms with Gasteiger partial charge in [0.05, 0.1) is 5.56 Å². The van der Waals surface area contributed by atoms with E-state index in [1.807, 2.05) is 0 Å². The highest BCUT2D eigenvalue weighted by Gasteiger charge is 2.14. The van der Waals surface area contributed by atoms with E-state index in [1.54, 1.807) is 0 Å². The third kappa shape index (κ3) is 1.71. The van der Waals surface area contributed by atoms with E-state index in [0.29, 0.717) is 12.1 Å². The van der Waals surface area contributed by atoms with Crippen molar-refractivity contribution in [2.75, 3.05) is 0 Å². The molecule has 3 N–H and O–H groups in total. The maximum absolute atomic E-state index is 12.8. The van der Waals surface area contributed by atoms with Crippen LogP contribution in [0.1, 0.15) is 5.56 Å². The van der Waals surface area contributed by atoms with Gasteiger partial charge in [-0.1, -0.05) is 5.16 Å². The van der Waals surface area contributed by atoms with E-state index in [4.69, 9.17) is 10.9 Å². The molecule has 3 nitrogen and oxygen atoms in total. The van der Waals surface area contributed by atoms with Gasteiger partial charge in [-0.2, -0.15) is 0 Å². The van der Waals surface area contributed by atoms with Crippen LogP contribution >= 0.6 is 0 Å². The van der Waals surface area contributed by atoms with Crippen LogP contribution in [0, 0.1) is 17.5 Å². The second-order valence-electron chi connectivity index (χ2n) is 2.23. The fraction of sp³-hybridized carbons (Fsp3) is 0. The lowest BCUT2D eigenvalue weighted by Crippen LogP contribution is -2.17. The molecule has 0 saturated heterocycles. The van der Waals surface area contributed by atoms with Gasteiger partial charge in [0.15, 0.2) is 5.84 Å². The zero-order valence-electron chi connectivity index (χ0n) is 6.26. The van der Waals surface area contributed by atoms with Crippen molar-refractivity contribution in [3.8, 4) is 0 Å². The summed E-state index contributed by atoms with van der Waals surface area (Å²) in [6.07, 6.45) is 0. The van der Waals surface area contributed by atoms with Crippen LogP contribution < -0.4 is 5.73 Å². The third-order valence-electron chi connectivity index (χ3n) is 1.37. The van der Waals surface area contributed by atoms with Crippen molar-refractivity contribution in [3.05, 3.63) is 35.1 Å². The molecule has 13 heavy (non-hydrogen) atoms. The minimum Gasteiger partial charge on any atom is -0.409 e. The number of nitrogens with two attached hydrogens (primary N) is 1. The van der Waals surface area contributed by atoms with Gasteiger partial charge in [0.25, 0.3) is 0 Å². The molecular weight excluding hydrogens is 185 g/mol. The van der Waals surface area contributed by atoms with Gasteiger partial charge < -0.3 is 10.9 Å². The molecule has 0 bridgehead atoms. The summed E-state index contributed by atoms with van der Waals surface area (Å²) in [7, 11) is 0. The molecule has 0 unspecified atom stereocenters. The van der Waals surface area contributed by atoms with Crippen LogP contribution in [0.5, 0.6) is 0 Å². The van der Waals surface area contributed by atoms with Gasteiger partial charge in [-0.05, 0) is 0 Å². The van der Waals surface area contributed by atoms with Gasteiger partial charge in [0.1, 0.15) is 17.5 Å². The summed E-state index contributed by atoms with van der Waals surface area (Å²) in [4.78, 5) is 0. The predicted molar refractivity (Wildman–Crippen MR) is 38.8 cm³/mol. The summed E-state index contributed by atoms with van der Waals surface area (Å²) < 4.78 is 37.9. The van der Waals surface area contributed by atoms with Gasteiger partial charge in [-0.15, -0.1) is 0 Å². The Morgan fingerprint density at radius 3 is 2.08 bits per heavy atom. The Hall–Kier alpha value is -1.72. The SMILES string of the molecule is N/C(=N/O)c1c(F)cc(F)cc1F. The Kier molecular flexibility index (Phi) is 2.41. The van der Waals surface area contributed by atoms with E-state index in [-0.39, 0.29) is 0 Å². The number of nitrogens with zero attached hydrogens (tertiary/aromatic N) is 1. The molecule has 1 aromatic carbocycles. The Morgan fingerprint density at radius 1 is 1.23 bits per heavy atom. The number of oxime groups is 1. The normalized spacial score (nSPS) is 11.8. The summed E-state index contributed by atoms with van der Waals surface area (Å²) in [6, 6.07) is 0.882. The number of hydrogen-bond donors (Lipinski definition) is 2. The standard InChI is InChI=1S/C7H5F3N2O/c8-3-1-4(9)6(5(10)2-3)7(11)12-13/h1-2,13H,(H2,11,12). The van der Waals surface area contributed by atoms with Gasteiger partial charge in [0, 0.05) is 12.1 Å². The van der Waals surface area contributed by atoms with Gasteiger partial charge >= 0.3 is 0 Å². The smallest absolute Gasteiger partial charge is 0.176 e. The van der Waals surface area contributed by atoms with Crippen LogP contribution in [0.15, 0.2) is 17.3 Å². The molecule has 0 aliphatic carbocycles. The lowest BCUT2D eigenvalue weighted by Gasteiger charge is -2.02. The van der Waals surface area contributed by atoms with Crippen molar-refractivity contribution in [3.63, 3.8) is 0 Å². The summed E-state index contributed by atoms with van der Waals surface area (Å²) in [5.41, 5.74) is 4.20. The fourth-order valence-electron chi connectivity index (χ4n) is 0.837. The largest absolute Gasteiger partial charge is 0.409 e. The average Bonchev–Trinajstić information content (AvgIpc) is 2.02. The quantitative estimate of drug-likeness (QED) is 0.302. The third-order valence-corrected chi connectivity index (χ3v) is 1.37. The van der Waals surface area contributed by atoms with E-state index in [2.05, 4.69) is 5.16 Å². The highest BCUT2D eigenvalue weighted by atomic mass is 19.1. The van der Waals surface area contributed by atoms with Gasteiger partial charge in [0.2, 0.25) is 0 Å². The first-order valence-corrected chi connectivity index (χ1v) is 3.18. The molecular formula is C7H5F3N2O. The number of amidine groups is 1.